The Morgan fingerprint density at radius 2 is 2.07 bits per heavy atom. The molecule has 0 unspecified atom stereocenters. The molecule has 1 saturated heterocycles. The Morgan fingerprint density at radius 3 is 2.79 bits per heavy atom. The minimum atomic E-state index is -0.0480. The molecular weight excluding hydrogens is 364 g/mol. The van der Waals surface area contributed by atoms with Crippen molar-refractivity contribution in [2.24, 2.45) is 0 Å². The summed E-state index contributed by atoms with van der Waals surface area (Å²) in [5, 5.41) is 3.26. The van der Waals surface area contributed by atoms with Gasteiger partial charge in [-0.1, -0.05) is 12.1 Å². The number of likely N-dealkylation sites (tertiary alicyclic amines) is 1. The van der Waals surface area contributed by atoms with Crippen molar-refractivity contribution < 1.29 is 4.79 Å². The maximum atomic E-state index is 12.6. The van der Waals surface area contributed by atoms with Crippen LogP contribution >= 0.6 is 0 Å². The minimum Gasteiger partial charge on any atom is -0.330 e. The second kappa shape index (κ2) is 8.18. The van der Waals surface area contributed by atoms with Gasteiger partial charge in [-0.25, -0.2) is 15.0 Å². The fourth-order valence-corrected chi connectivity index (χ4v) is 3.26. The molecule has 0 saturated carbocycles. The molecule has 29 heavy (non-hydrogen) atoms. The summed E-state index contributed by atoms with van der Waals surface area (Å²) >= 11 is 0. The molecule has 0 aliphatic carbocycles. The number of nitrogens with zero attached hydrogens (tertiary/aromatic N) is 5. The number of nitrogens with one attached hydrogen (secondary N) is 1. The second-order valence-electron chi connectivity index (χ2n) is 6.97. The fraction of sp³-hybridized carbons (Fsp3) is 0.227. The molecule has 4 heterocycles. The van der Waals surface area contributed by atoms with E-state index in [0.717, 1.165) is 29.1 Å². The van der Waals surface area contributed by atoms with Crippen LogP contribution in [0.15, 0.2) is 55.0 Å². The number of anilines is 2. The summed E-state index contributed by atoms with van der Waals surface area (Å²) in [5.41, 5.74) is 2.77. The largest absolute Gasteiger partial charge is 0.330 e. The highest BCUT2D eigenvalue weighted by molar-refractivity contribution is 5.92. The molecule has 7 heteroatoms. The Hall–Kier alpha value is -3.61. The topological polar surface area (TPSA) is 83.9 Å². The molecule has 1 fully saturated rings. The Kier molecular flexibility index (Phi) is 5.29. The summed E-state index contributed by atoms with van der Waals surface area (Å²) in [7, 11) is 0. The van der Waals surface area contributed by atoms with Gasteiger partial charge >= 0.3 is 0 Å². The third kappa shape index (κ3) is 4.29. The molecule has 1 aliphatic rings. The second-order valence-corrected chi connectivity index (χ2v) is 6.97. The molecule has 1 aliphatic heterocycles. The van der Waals surface area contributed by atoms with Gasteiger partial charge < -0.3 is 10.2 Å². The Bertz CT molecular complexity index is 1050. The van der Waals surface area contributed by atoms with Crippen LogP contribution in [0, 0.1) is 13.8 Å². The number of aromatic nitrogens is 4. The third-order valence-corrected chi connectivity index (χ3v) is 4.86. The van der Waals surface area contributed by atoms with E-state index in [2.05, 4.69) is 25.3 Å². The average Bonchev–Trinajstić information content (AvgIpc) is 2.68. The lowest BCUT2D eigenvalue weighted by Crippen LogP contribution is -2.44. The van der Waals surface area contributed by atoms with Crippen LogP contribution in [0.2, 0.25) is 0 Å². The van der Waals surface area contributed by atoms with Gasteiger partial charge in [-0.3, -0.25) is 9.78 Å². The first-order valence-electron chi connectivity index (χ1n) is 9.53. The predicted molar refractivity (Wildman–Crippen MR) is 111 cm³/mol. The van der Waals surface area contributed by atoms with Gasteiger partial charge in [-0.15, -0.1) is 0 Å². The zero-order chi connectivity index (χ0) is 20.2. The molecule has 0 aromatic carbocycles. The molecule has 1 amide bonds. The quantitative estimate of drug-likeness (QED) is 0.675. The first kappa shape index (κ1) is 18.7. The van der Waals surface area contributed by atoms with Crippen LogP contribution in [0.1, 0.15) is 35.1 Å². The summed E-state index contributed by atoms with van der Waals surface area (Å²) in [4.78, 5) is 31.9. The molecule has 0 bridgehead atoms. The van der Waals surface area contributed by atoms with Gasteiger partial charge in [0.15, 0.2) is 0 Å². The number of hydrogen-bond donors (Lipinski definition) is 1. The Morgan fingerprint density at radius 1 is 1.21 bits per heavy atom. The zero-order valence-corrected chi connectivity index (χ0v) is 16.4. The number of amides is 1. The molecule has 1 N–H and O–H groups in total. The summed E-state index contributed by atoms with van der Waals surface area (Å²) in [6, 6.07) is 9.50. The molecule has 3 aromatic rings. The van der Waals surface area contributed by atoms with E-state index < -0.39 is 0 Å². The number of hydrogen-bond acceptors (Lipinski definition) is 6. The van der Waals surface area contributed by atoms with Crippen LogP contribution in [0.3, 0.4) is 0 Å². The van der Waals surface area contributed by atoms with Crippen LogP contribution in [0.5, 0.6) is 0 Å². The summed E-state index contributed by atoms with van der Waals surface area (Å²) in [6.45, 7) is 4.56. The summed E-state index contributed by atoms with van der Waals surface area (Å²) in [5.74, 6) is 2.07. The van der Waals surface area contributed by atoms with Gasteiger partial charge in [0.1, 0.15) is 17.5 Å². The third-order valence-electron chi connectivity index (χ3n) is 4.86. The molecule has 0 spiro atoms. The van der Waals surface area contributed by atoms with E-state index in [1.807, 2.05) is 49.1 Å². The van der Waals surface area contributed by atoms with E-state index in [9.17, 15) is 4.79 Å². The van der Waals surface area contributed by atoms with E-state index in [-0.39, 0.29) is 11.9 Å². The average molecular weight is 386 g/mol. The fourth-order valence-electron chi connectivity index (χ4n) is 3.26. The lowest BCUT2D eigenvalue weighted by Gasteiger charge is -2.40. The molecule has 7 nitrogen and oxygen atoms in total. The van der Waals surface area contributed by atoms with E-state index >= 15 is 0 Å². The van der Waals surface area contributed by atoms with Crippen molar-refractivity contribution in [3.8, 4) is 0 Å². The van der Waals surface area contributed by atoms with Gasteiger partial charge in [0, 0.05) is 37.3 Å². The van der Waals surface area contributed by atoms with Gasteiger partial charge in [0.25, 0.3) is 0 Å². The number of pyridine rings is 2. The molecule has 0 radical (unpaired) electrons. The first-order chi connectivity index (χ1) is 14.1. The Labute approximate surface area is 169 Å². The molecule has 3 aromatic heterocycles. The van der Waals surface area contributed by atoms with Crippen molar-refractivity contribution in [3.05, 3.63) is 77.6 Å². The first-order valence-corrected chi connectivity index (χ1v) is 9.53. The Balaban J connectivity index is 1.51. The molecular formula is C22H22N6O. The van der Waals surface area contributed by atoms with E-state index in [1.54, 1.807) is 30.7 Å². The van der Waals surface area contributed by atoms with Crippen LogP contribution in [-0.2, 0) is 4.79 Å². The van der Waals surface area contributed by atoms with Crippen LogP contribution in [0.4, 0.5) is 11.6 Å². The summed E-state index contributed by atoms with van der Waals surface area (Å²) < 4.78 is 0. The maximum absolute atomic E-state index is 12.6. The summed E-state index contributed by atoms with van der Waals surface area (Å²) in [6.07, 6.45) is 9.43. The van der Waals surface area contributed by atoms with Gasteiger partial charge in [-0.2, -0.15) is 0 Å². The van der Waals surface area contributed by atoms with Crippen molar-refractivity contribution >= 4 is 23.6 Å². The highest BCUT2D eigenvalue weighted by Crippen LogP contribution is 2.33. The lowest BCUT2D eigenvalue weighted by molar-refractivity contribution is -0.133. The van der Waals surface area contributed by atoms with Crippen molar-refractivity contribution in [3.63, 3.8) is 0 Å². The van der Waals surface area contributed by atoms with Gasteiger partial charge in [0.2, 0.25) is 5.91 Å². The monoisotopic (exact) mass is 386 g/mol. The molecule has 4 rings (SSSR count). The van der Waals surface area contributed by atoms with Crippen LogP contribution in [-0.4, -0.2) is 37.3 Å². The standard InChI is InChI=1S/C22H22N6O/c1-15-5-3-11-24-22(15)27-20-13-18(25-16(2)26-20)19-9-12-28(19)21(29)8-7-17-6-4-10-23-14-17/h3-8,10-11,13-14,19H,9,12H2,1-2H3,(H,24,25,26,27)/b8-7+/t19-/m1/s1. The molecule has 1 atom stereocenters. The van der Waals surface area contributed by atoms with E-state index in [4.69, 9.17) is 0 Å². The smallest absolute Gasteiger partial charge is 0.247 e. The normalized spacial score (nSPS) is 15.9. The zero-order valence-electron chi connectivity index (χ0n) is 16.4. The van der Waals surface area contributed by atoms with Crippen LogP contribution < -0.4 is 5.32 Å². The van der Waals surface area contributed by atoms with E-state index in [1.165, 1.54) is 0 Å². The van der Waals surface area contributed by atoms with Gasteiger partial charge in [-0.05, 0) is 49.6 Å². The predicted octanol–water partition coefficient (Wildman–Crippen LogP) is 3.61. The molecule has 146 valence electrons. The van der Waals surface area contributed by atoms with Crippen molar-refractivity contribution in [1.82, 2.24) is 24.8 Å². The SMILES string of the molecule is Cc1nc(Nc2ncccc2C)cc([C@H]2CCN2C(=O)/C=C/c2cccnc2)n1. The lowest BCUT2D eigenvalue weighted by atomic mass is 9.98. The van der Waals surface area contributed by atoms with Crippen molar-refractivity contribution in [1.29, 1.82) is 0 Å². The van der Waals surface area contributed by atoms with Crippen molar-refractivity contribution in [2.75, 3.05) is 11.9 Å². The number of rotatable bonds is 5. The maximum Gasteiger partial charge on any atom is 0.247 e. The number of carbonyl (C=O) groups excluding carboxylic acids is 1. The number of carbonyl (C=O) groups is 1. The van der Waals surface area contributed by atoms with E-state index in [0.29, 0.717) is 18.2 Å². The van der Waals surface area contributed by atoms with Gasteiger partial charge in [0.05, 0.1) is 11.7 Å². The van der Waals surface area contributed by atoms with Crippen LogP contribution in [0.25, 0.3) is 6.08 Å². The number of aryl methyl sites for hydroxylation is 2. The highest BCUT2D eigenvalue weighted by Gasteiger charge is 2.33. The highest BCUT2D eigenvalue weighted by atomic mass is 16.2. The minimum absolute atomic E-state index is 0.0311. The van der Waals surface area contributed by atoms with Crippen molar-refractivity contribution in [2.45, 2.75) is 26.3 Å².